The van der Waals surface area contributed by atoms with Crippen LogP contribution in [0.5, 0.6) is 5.75 Å². The van der Waals surface area contributed by atoms with Gasteiger partial charge in [0.05, 0.1) is 13.2 Å². The lowest BCUT2D eigenvalue weighted by atomic mass is 10.1. The maximum atomic E-state index is 9.27. The van der Waals surface area contributed by atoms with Crippen LogP contribution in [-0.4, -0.2) is 7.11 Å². The van der Waals surface area contributed by atoms with Gasteiger partial charge in [0, 0.05) is 6.54 Å². The molecule has 0 saturated carbocycles. The molecule has 19 heavy (non-hydrogen) atoms. The maximum Gasteiger partial charge on any atom is 0.121 e. The van der Waals surface area contributed by atoms with Crippen LogP contribution in [0.1, 0.15) is 17.2 Å². The molecule has 1 unspecified atom stereocenters. The van der Waals surface area contributed by atoms with E-state index in [2.05, 4.69) is 11.4 Å². The second-order valence-electron chi connectivity index (χ2n) is 4.21. The van der Waals surface area contributed by atoms with Crippen molar-refractivity contribution in [2.75, 3.05) is 7.11 Å². The molecule has 2 aromatic carbocycles. The highest BCUT2D eigenvalue weighted by Crippen LogP contribution is 2.19. The van der Waals surface area contributed by atoms with Crippen molar-refractivity contribution in [1.29, 1.82) is 5.26 Å². The molecule has 0 heterocycles. The molecule has 96 valence electrons. The number of rotatable bonds is 5. The van der Waals surface area contributed by atoms with E-state index in [4.69, 9.17) is 4.74 Å². The normalized spacial score (nSPS) is 11.6. The molecule has 0 aliphatic carbocycles. The fourth-order valence-corrected chi connectivity index (χ4v) is 1.87. The molecule has 2 aromatic rings. The Labute approximate surface area is 113 Å². The van der Waals surface area contributed by atoms with E-state index in [1.54, 1.807) is 7.11 Å². The summed E-state index contributed by atoms with van der Waals surface area (Å²) in [6.07, 6.45) is 0. The highest BCUT2D eigenvalue weighted by atomic mass is 16.5. The van der Waals surface area contributed by atoms with Crippen molar-refractivity contribution in [2.24, 2.45) is 0 Å². The van der Waals surface area contributed by atoms with Crippen LogP contribution in [0.25, 0.3) is 0 Å². The van der Waals surface area contributed by atoms with Gasteiger partial charge in [0.15, 0.2) is 0 Å². The SMILES string of the molecule is COc1cccc(C(C#N)NCc2ccccc2)c1. The van der Waals surface area contributed by atoms with Crippen molar-refractivity contribution >= 4 is 0 Å². The quantitative estimate of drug-likeness (QED) is 0.889. The van der Waals surface area contributed by atoms with Crippen molar-refractivity contribution in [3.8, 4) is 11.8 Å². The van der Waals surface area contributed by atoms with Gasteiger partial charge in [-0.2, -0.15) is 5.26 Å². The highest BCUT2D eigenvalue weighted by Gasteiger charge is 2.10. The third-order valence-corrected chi connectivity index (χ3v) is 2.91. The van der Waals surface area contributed by atoms with Crippen LogP contribution in [0.4, 0.5) is 0 Å². The number of hydrogen-bond acceptors (Lipinski definition) is 3. The molecule has 0 amide bonds. The molecular weight excluding hydrogens is 236 g/mol. The maximum absolute atomic E-state index is 9.27. The Morgan fingerprint density at radius 2 is 1.95 bits per heavy atom. The van der Waals surface area contributed by atoms with Crippen LogP contribution in [-0.2, 0) is 6.54 Å². The van der Waals surface area contributed by atoms with Gasteiger partial charge >= 0.3 is 0 Å². The average molecular weight is 252 g/mol. The average Bonchev–Trinajstić information content (AvgIpc) is 2.49. The van der Waals surface area contributed by atoms with Gasteiger partial charge in [0.2, 0.25) is 0 Å². The van der Waals surface area contributed by atoms with Crippen molar-refractivity contribution in [3.63, 3.8) is 0 Å². The van der Waals surface area contributed by atoms with Crippen molar-refractivity contribution < 1.29 is 4.74 Å². The zero-order valence-electron chi connectivity index (χ0n) is 10.8. The fourth-order valence-electron chi connectivity index (χ4n) is 1.87. The standard InChI is InChI=1S/C16H16N2O/c1-19-15-9-5-8-14(10-15)16(11-17)18-12-13-6-3-2-4-7-13/h2-10,16,18H,12H2,1H3. The molecule has 0 saturated heterocycles. The number of benzene rings is 2. The summed E-state index contributed by atoms with van der Waals surface area (Å²) < 4.78 is 5.18. The number of nitrogens with one attached hydrogen (secondary N) is 1. The van der Waals surface area contributed by atoms with Crippen LogP contribution in [0, 0.1) is 11.3 Å². The van der Waals surface area contributed by atoms with Gasteiger partial charge in [-0.3, -0.25) is 5.32 Å². The minimum atomic E-state index is -0.338. The summed E-state index contributed by atoms with van der Waals surface area (Å²) in [7, 11) is 1.62. The van der Waals surface area contributed by atoms with E-state index >= 15 is 0 Å². The van der Waals surface area contributed by atoms with E-state index in [9.17, 15) is 5.26 Å². The predicted molar refractivity (Wildman–Crippen MR) is 74.6 cm³/mol. The summed E-state index contributed by atoms with van der Waals surface area (Å²) in [5.74, 6) is 0.763. The summed E-state index contributed by atoms with van der Waals surface area (Å²) in [6.45, 7) is 0.663. The predicted octanol–water partition coefficient (Wildman–Crippen LogP) is 3.05. The molecule has 3 heteroatoms. The van der Waals surface area contributed by atoms with Crippen LogP contribution < -0.4 is 10.1 Å². The lowest BCUT2D eigenvalue weighted by molar-refractivity contribution is 0.413. The monoisotopic (exact) mass is 252 g/mol. The van der Waals surface area contributed by atoms with Crippen LogP contribution in [0.2, 0.25) is 0 Å². The Kier molecular flexibility index (Phi) is 4.54. The number of ether oxygens (including phenoxy) is 1. The van der Waals surface area contributed by atoms with Crippen LogP contribution >= 0.6 is 0 Å². The molecule has 1 atom stereocenters. The second kappa shape index (κ2) is 6.58. The summed E-state index contributed by atoms with van der Waals surface area (Å²) >= 11 is 0. The largest absolute Gasteiger partial charge is 0.497 e. The Morgan fingerprint density at radius 1 is 1.16 bits per heavy atom. The summed E-state index contributed by atoms with van der Waals surface area (Å²) in [5.41, 5.74) is 2.07. The van der Waals surface area contributed by atoms with Gasteiger partial charge in [-0.15, -0.1) is 0 Å². The number of methoxy groups -OCH3 is 1. The minimum Gasteiger partial charge on any atom is -0.497 e. The van der Waals surface area contributed by atoms with Crippen molar-refractivity contribution in [3.05, 3.63) is 65.7 Å². The summed E-state index contributed by atoms with van der Waals surface area (Å²) in [6, 6.07) is 19.5. The third kappa shape index (κ3) is 3.57. The first-order valence-corrected chi connectivity index (χ1v) is 6.14. The number of nitrogens with zero attached hydrogens (tertiary/aromatic N) is 1. The fraction of sp³-hybridized carbons (Fsp3) is 0.188. The molecule has 0 aromatic heterocycles. The van der Waals surface area contributed by atoms with E-state index in [1.807, 2.05) is 54.6 Å². The van der Waals surface area contributed by atoms with Crippen molar-refractivity contribution in [2.45, 2.75) is 12.6 Å². The van der Waals surface area contributed by atoms with E-state index in [0.29, 0.717) is 6.54 Å². The summed E-state index contributed by atoms with van der Waals surface area (Å²) in [5, 5.41) is 12.5. The highest BCUT2D eigenvalue weighted by molar-refractivity contribution is 5.33. The van der Waals surface area contributed by atoms with Gasteiger partial charge < -0.3 is 4.74 Å². The Balaban J connectivity index is 2.06. The first-order valence-electron chi connectivity index (χ1n) is 6.14. The molecule has 0 spiro atoms. The van der Waals surface area contributed by atoms with Crippen LogP contribution in [0.3, 0.4) is 0 Å². The number of hydrogen-bond donors (Lipinski definition) is 1. The number of nitriles is 1. The summed E-state index contributed by atoms with van der Waals surface area (Å²) in [4.78, 5) is 0. The molecular formula is C16H16N2O. The molecule has 0 aliphatic rings. The second-order valence-corrected chi connectivity index (χ2v) is 4.21. The first-order chi connectivity index (χ1) is 9.33. The van der Waals surface area contributed by atoms with Gasteiger partial charge in [-0.05, 0) is 23.3 Å². The molecule has 0 radical (unpaired) electrons. The molecule has 0 bridgehead atoms. The lowest BCUT2D eigenvalue weighted by Gasteiger charge is -2.13. The van der Waals surface area contributed by atoms with Crippen LogP contribution in [0.15, 0.2) is 54.6 Å². The van der Waals surface area contributed by atoms with Gasteiger partial charge in [-0.25, -0.2) is 0 Å². The Morgan fingerprint density at radius 3 is 2.63 bits per heavy atom. The molecule has 2 rings (SSSR count). The molecule has 1 N–H and O–H groups in total. The third-order valence-electron chi connectivity index (χ3n) is 2.91. The smallest absolute Gasteiger partial charge is 0.121 e. The lowest BCUT2D eigenvalue weighted by Crippen LogP contribution is -2.19. The van der Waals surface area contributed by atoms with E-state index in [0.717, 1.165) is 16.9 Å². The van der Waals surface area contributed by atoms with Crippen molar-refractivity contribution in [1.82, 2.24) is 5.32 Å². The van der Waals surface area contributed by atoms with E-state index in [-0.39, 0.29) is 6.04 Å². The van der Waals surface area contributed by atoms with E-state index < -0.39 is 0 Å². The zero-order chi connectivity index (χ0) is 13.5. The molecule has 3 nitrogen and oxygen atoms in total. The van der Waals surface area contributed by atoms with Gasteiger partial charge in [0.25, 0.3) is 0 Å². The Hall–Kier alpha value is -2.31. The van der Waals surface area contributed by atoms with Gasteiger partial charge in [0.1, 0.15) is 11.8 Å². The topological polar surface area (TPSA) is 45.0 Å². The zero-order valence-corrected chi connectivity index (χ0v) is 10.8. The molecule has 0 aliphatic heterocycles. The first kappa shape index (κ1) is 13.1. The minimum absolute atomic E-state index is 0.338. The Bertz CT molecular complexity index is 560. The van der Waals surface area contributed by atoms with Gasteiger partial charge in [-0.1, -0.05) is 42.5 Å². The molecule has 0 fully saturated rings. The van der Waals surface area contributed by atoms with E-state index in [1.165, 1.54) is 0 Å².